The van der Waals surface area contributed by atoms with Crippen molar-refractivity contribution in [1.82, 2.24) is 0 Å². The molecule has 0 radical (unpaired) electrons. The molecule has 0 bridgehead atoms. The minimum Gasteiger partial charge on any atom is -0.387 e. The monoisotopic (exact) mass is 89.0 g/mol. The van der Waals surface area contributed by atoms with Gasteiger partial charge in [-0.3, -0.25) is 0 Å². The van der Waals surface area contributed by atoms with E-state index in [0.29, 0.717) is 6.17 Å². The third kappa shape index (κ3) is 3.98. The molecule has 2 nitrogen and oxygen atoms in total. The average Bonchev–Trinajstić information content (AvgIpc) is 1.38. The standard InChI is InChI=1S/C2H7NOSi/c1-5(4)2-3/h2-3H2,1H3. The van der Waals surface area contributed by atoms with E-state index in [9.17, 15) is 4.46 Å². The molecule has 2 N–H and O–H groups in total. The Labute approximate surface area is 32.6 Å². The maximum Gasteiger partial charge on any atom is 0.287 e. The van der Waals surface area contributed by atoms with Crippen LogP contribution in [0.15, 0.2) is 0 Å². The zero-order chi connectivity index (χ0) is 4.28. The van der Waals surface area contributed by atoms with Gasteiger partial charge in [0.15, 0.2) is 0 Å². The van der Waals surface area contributed by atoms with Crippen molar-refractivity contribution in [3.8, 4) is 0 Å². The Kier molecular flexibility index (Phi) is 2.22. The molecule has 3 heteroatoms. The maximum absolute atomic E-state index is 9.87. The van der Waals surface area contributed by atoms with Gasteiger partial charge in [0, 0.05) is 6.17 Å². The molecule has 0 heterocycles. The zero-order valence-electron chi connectivity index (χ0n) is 3.19. The molecule has 0 aliphatic carbocycles. The van der Waals surface area contributed by atoms with Crippen molar-refractivity contribution in [2.24, 2.45) is 5.73 Å². The minimum absolute atomic E-state index is 0.352. The van der Waals surface area contributed by atoms with Crippen molar-refractivity contribution >= 4 is 8.68 Å². The van der Waals surface area contributed by atoms with Crippen molar-refractivity contribution < 1.29 is 4.46 Å². The van der Waals surface area contributed by atoms with Crippen molar-refractivity contribution in [3.63, 3.8) is 0 Å². The molecule has 0 amide bonds. The third-order valence-electron chi connectivity index (χ3n) is 0.287. The summed E-state index contributed by atoms with van der Waals surface area (Å²) in [6.45, 7) is 1.64. The summed E-state index contributed by atoms with van der Waals surface area (Å²) in [5.74, 6) is 0. The van der Waals surface area contributed by atoms with E-state index in [1.54, 1.807) is 6.55 Å². The average molecular weight is 89.2 g/mol. The van der Waals surface area contributed by atoms with E-state index in [1.807, 2.05) is 0 Å². The van der Waals surface area contributed by atoms with Crippen molar-refractivity contribution in [2.45, 2.75) is 6.55 Å². The number of rotatable bonds is 1. The lowest BCUT2D eigenvalue weighted by molar-refractivity contribution is 0.565. The Balaban J connectivity index is 2.85. The minimum atomic E-state index is -1.35. The van der Waals surface area contributed by atoms with Crippen LogP contribution in [0.3, 0.4) is 0 Å². The first-order valence-electron chi connectivity index (χ1n) is 1.47. The first kappa shape index (κ1) is 4.98. The maximum atomic E-state index is 9.87. The Morgan fingerprint density at radius 3 is 2.20 bits per heavy atom. The summed E-state index contributed by atoms with van der Waals surface area (Å²) in [7, 11) is -1.35. The molecule has 30 valence electrons. The Morgan fingerprint density at radius 1 is 2.00 bits per heavy atom. The van der Waals surface area contributed by atoms with Gasteiger partial charge in [0.1, 0.15) is 0 Å². The summed E-state index contributed by atoms with van der Waals surface area (Å²) >= 11 is 0. The third-order valence-corrected chi connectivity index (χ3v) is 0.862. The summed E-state index contributed by atoms with van der Waals surface area (Å²) in [5, 5.41) is 0. The van der Waals surface area contributed by atoms with E-state index in [4.69, 9.17) is 5.73 Å². The second kappa shape index (κ2) is 2.23. The SMILES string of the molecule is C[Si](=O)CN. The van der Waals surface area contributed by atoms with Crippen LogP contribution >= 0.6 is 0 Å². The van der Waals surface area contributed by atoms with Crippen LogP contribution in [0.5, 0.6) is 0 Å². The van der Waals surface area contributed by atoms with Gasteiger partial charge in [-0.25, -0.2) is 0 Å². The molecular weight excluding hydrogens is 82.1 g/mol. The second-order valence-corrected chi connectivity index (χ2v) is 2.72. The highest BCUT2D eigenvalue weighted by atomic mass is 28.3. The van der Waals surface area contributed by atoms with E-state index >= 15 is 0 Å². The summed E-state index contributed by atoms with van der Waals surface area (Å²) in [6, 6.07) is 0. The molecular formula is C2H7NOSi. The van der Waals surface area contributed by atoms with E-state index in [0.717, 1.165) is 0 Å². The number of hydrogen-bond acceptors (Lipinski definition) is 2. The lowest BCUT2D eigenvalue weighted by Gasteiger charge is -1.69. The van der Waals surface area contributed by atoms with Crippen molar-refractivity contribution in [2.75, 3.05) is 6.17 Å². The van der Waals surface area contributed by atoms with Crippen LogP contribution in [-0.4, -0.2) is 14.9 Å². The van der Waals surface area contributed by atoms with Crippen LogP contribution < -0.4 is 5.73 Å². The quantitative estimate of drug-likeness (QED) is 0.441. The molecule has 0 atom stereocenters. The van der Waals surface area contributed by atoms with Gasteiger partial charge in [-0.15, -0.1) is 0 Å². The fourth-order valence-electron chi connectivity index (χ4n) is 0. The fraction of sp³-hybridized carbons (Fsp3) is 1.00. The van der Waals surface area contributed by atoms with Gasteiger partial charge in [-0.05, 0) is 6.55 Å². The lowest BCUT2D eigenvalue weighted by atomic mass is 11.5. The summed E-state index contributed by atoms with van der Waals surface area (Å²) in [6.07, 6.45) is 0.352. The van der Waals surface area contributed by atoms with Gasteiger partial charge in [0.05, 0.1) is 0 Å². The first-order valence-corrected chi connectivity index (χ1v) is 3.58. The smallest absolute Gasteiger partial charge is 0.287 e. The van der Waals surface area contributed by atoms with Crippen LogP contribution in [0.25, 0.3) is 0 Å². The molecule has 0 unspecified atom stereocenters. The van der Waals surface area contributed by atoms with Crippen molar-refractivity contribution in [1.29, 1.82) is 0 Å². The molecule has 5 heavy (non-hydrogen) atoms. The predicted molar refractivity (Wildman–Crippen MR) is 21.4 cm³/mol. The van der Waals surface area contributed by atoms with E-state index in [-0.39, 0.29) is 0 Å². The highest BCUT2D eigenvalue weighted by Crippen LogP contribution is 1.49. The molecule has 0 aliphatic rings. The van der Waals surface area contributed by atoms with Crippen LogP contribution in [0.2, 0.25) is 6.55 Å². The summed E-state index contributed by atoms with van der Waals surface area (Å²) in [5.41, 5.74) is 4.90. The van der Waals surface area contributed by atoms with Crippen molar-refractivity contribution in [3.05, 3.63) is 0 Å². The topological polar surface area (TPSA) is 43.1 Å². The zero-order valence-corrected chi connectivity index (χ0v) is 4.19. The normalized spacial score (nSPS) is 7.60. The molecule has 0 saturated heterocycles. The number of hydrogen-bond donors (Lipinski definition) is 1. The molecule has 0 saturated carbocycles. The molecule has 0 fully saturated rings. The van der Waals surface area contributed by atoms with E-state index in [2.05, 4.69) is 0 Å². The lowest BCUT2D eigenvalue weighted by Crippen LogP contribution is -2.10. The fourth-order valence-corrected chi connectivity index (χ4v) is 0. The second-order valence-electron chi connectivity index (χ2n) is 0.906. The van der Waals surface area contributed by atoms with Gasteiger partial charge in [0.2, 0.25) is 0 Å². The Morgan fingerprint density at radius 2 is 2.20 bits per heavy atom. The predicted octanol–water partition coefficient (Wildman–Crippen LogP) is -0.464. The van der Waals surface area contributed by atoms with Crippen LogP contribution in [0.4, 0.5) is 0 Å². The first-order chi connectivity index (χ1) is 2.27. The molecule has 0 aliphatic heterocycles. The molecule has 0 aromatic carbocycles. The Hall–Kier alpha value is -0.0231. The van der Waals surface area contributed by atoms with Gasteiger partial charge >= 0.3 is 0 Å². The molecule has 0 aromatic rings. The molecule has 0 spiro atoms. The van der Waals surface area contributed by atoms with Crippen LogP contribution in [0, 0.1) is 0 Å². The van der Waals surface area contributed by atoms with Gasteiger partial charge in [-0.2, -0.15) is 0 Å². The van der Waals surface area contributed by atoms with Gasteiger partial charge in [0.25, 0.3) is 8.68 Å². The summed E-state index contributed by atoms with van der Waals surface area (Å²) < 4.78 is 9.87. The van der Waals surface area contributed by atoms with E-state index < -0.39 is 8.68 Å². The van der Waals surface area contributed by atoms with Crippen LogP contribution in [0.1, 0.15) is 0 Å². The van der Waals surface area contributed by atoms with E-state index in [1.165, 1.54) is 0 Å². The molecule has 0 aromatic heterocycles. The Bertz CT molecular complexity index is 44.9. The number of nitrogens with two attached hydrogens (primary N) is 1. The molecule has 0 rings (SSSR count). The highest BCUT2D eigenvalue weighted by Gasteiger charge is 1.82. The van der Waals surface area contributed by atoms with Crippen LogP contribution in [-0.2, 0) is 4.46 Å². The summed E-state index contributed by atoms with van der Waals surface area (Å²) in [4.78, 5) is 0. The van der Waals surface area contributed by atoms with Gasteiger partial charge in [-0.1, -0.05) is 0 Å². The van der Waals surface area contributed by atoms with Gasteiger partial charge < -0.3 is 10.2 Å². The largest absolute Gasteiger partial charge is 0.387 e. The highest BCUT2D eigenvalue weighted by molar-refractivity contribution is 6.40.